The second-order valence-electron chi connectivity index (χ2n) is 5.16. The number of carbonyl (C=O) groups excluding carboxylic acids is 1. The van der Waals surface area contributed by atoms with E-state index in [1.807, 2.05) is 51.1 Å². The summed E-state index contributed by atoms with van der Waals surface area (Å²) in [6.07, 6.45) is 2.49. The number of nitrogens with one attached hydrogen (secondary N) is 2. The molecule has 2 aromatic rings. The van der Waals surface area contributed by atoms with E-state index in [1.165, 1.54) is 0 Å². The smallest absolute Gasteiger partial charge is 0.262 e. The monoisotopic (exact) mass is 281 g/mol. The average molecular weight is 281 g/mol. The van der Waals surface area contributed by atoms with E-state index in [4.69, 9.17) is 0 Å². The van der Waals surface area contributed by atoms with Crippen LogP contribution in [0.25, 0.3) is 17.0 Å². The molecular weight excluding hydrogens is 262 g/mol. The number of hydrogen-bond acceptors (Lipinski definition) is 2. The molecule has 21 heavy (non-hydrogen) atoms. The lowest BCUT2D eigenvalue weighted by Gasteiger charge is -2.10. The van der Waals surface area contributed by atoms with Crippen LogP contribution in [0.2, 0.25) is 0 Å². The van der Waals surface area contributed by atoms with Crippen molar-refractivity contribution in [2.75, 3.05) is 0 Å². The van der Waals surface area contributed by atoms with E-state index in [-0.39, 0.29) is 17.5 Å². The lowest BCUT2D eigenvalue weighted by Crippen LogP contribution is -2.32. The molecule has 1 aromatic carbocycles. The minimum Gasteiger partial charge on any atom is -0.358 e. The largest absolute Gasteiger partial charge is 0.358 e. The van der Waals surface area contributed by atoms with Gasteiger partial charge in [0.1, 0.15) is 11.6 Å². The molecule has 2 N–H and O–H groups in total. The van der Waals surface area contributed by atoms with Crippen molar-refractivity contribution in [2.45, 2.75) is 33.2 Å². The Bertz CT molecular complexity index is 734. The topological polar surface area (TPSA) is 68.7 Å². The molecule has 0 radical (unpaired) electrons. The zero-order valence-electron chi connectivity index (χ0n) is 12.5. The lowest BCUT2D eigenvalue weighted by molar-refractivity contribution is -0.117. The van der Waals surface area contributed by atoms with E-state index < -0.39 is 0 Å². The fraction of sp³-hybridized carbons (Fsp3) is 0.294. The van der Waals surface area contributed by atoms with Gasteiger partial charge in [-0.1, -0.05) is 25.1 Å². The third-order valence-corrected chi connectivity index (χ3v) is 3.59. The van der Waals surface area contributed by atoms with Crippen LogP contribution in [0.4, 0.5) is 0 Å². The molecule has 0 aliphatic rings. The highest BCUT2D eigenvalue weighted by Gasteiger charge is 2.13. The van der Waals surface area contributed by atoms with Crippen molar-refractivity contribution in [3.8, 4) is 6.07 Å². The number of carbonyl (C=O) groups is 1. The van der Waals surface area contributed by atoms with Crippen LogP contribution in [-0.2, 0) is 4.79 Å². The number of aryl methyl sites for hydroxylation is 1. The summed E-state index contributed by atoms with van der Waals surface area (Å²) in [5.41, 5.74) is 2.96. The number of hydrogen-bond donors (Lipinski definition) is 2. The molecule has 1 aromatic heterocycles. The minimum atomic E-state index is -0.323. The molecule has 1 heterocycles. The van der Waals surface area contributed by atoms with Gasteiger partial charge < -0.3 is 10.3 Å². The van der Waals surface area contributed by atoms with Gasteiger partial charge in [0.25, 0.3) is 5.91 Å². The van der Waals surface area contributed by atoms with Crippen molar-refractivity contribution in [2.24, 2.45) is 0 Å². The van der Waals surface area contributed by atoms with Crippen LogP contribution in [0.1, 0.15) is 31.5 Å². The van der Waals surface area contributed by atoms with Crippen molar-refractivity contribution < 1.29 is 4.79 Å². The van der Waals surface area contributed by atoms with Crippen LogP contribution in [-0.4, -0.2) is 16.9 Å². The number of para-hydroxylation sites is 1. The van der Waals surface area contributed by atoms with Gasteiger partial charge in [-0.25, -0.2) is 0 Å². The molecule has 4 nitrogen and oxygen atoms in total. The van der Waals surface area contributed by atoms with E-state index in [9.17, 15) is 10.1 Å². The first kappa shape index (κ1) is 14.9. The highest BCUT2D eigenvalue weighted by molar-refractivity contribution is 6.04. The summed E-state index contributed by atoms with van der Waals surface area (Å²) in [5.74, 6) is -0.323. The van der Waals surface area contributed by atoms with E-state index >= 15 is 0 Å². The predicted octanol–water partition coefficient (Wildman–Crippen LogP) is 3.30. The van der Waals surface area contributed by atoms with Crippen LogP contribution in [0.15, 0.2) is 29.8 Å². The fourth-order valence-corrected chi connectivity index (χ4v) is 2.18. The first-order valence-electron chi connectivity index (χ1n) is 7.06. The molecule has 0 fully saturated rings. The summed E-state index contributed by atoms with van der Waals surface area (Å²) in [6, 6.07) is 9.90. The lowest BCUT2D eigenvalue weighted by atomic mass is 10.1. The third kappa shape index (κ3) is 3.14. The maximum Gasteiger partial charge on any atom is 0.262 e. The Morgan fingerprint density at radius 1 is 1.48 bits per heavy atom. The number of nitriles is 1. The molecule has 0 aliphatic heterocycles. The first-order chi connectivity index (χ1) is 10.1. The third-order valence-electron chi connectivity index (χ3n) is 3.59. The van der Waals surface area contributed by atoms with Gasteiger partial charge in [-0.05, 0) is 32.4 Å². The maximum absolute atomic E-state index is 12.1. The Labute approximate surface area is 124 Å². The second-order valence-corrected chi connectivity index (χ2v) is 5.16. The van der Waals surface area contributed by atoms with Crippen LogP contribution >= 0.6 is 0 Å². The van der Waals surface area contributed by atoms with Crippen LogP contribution < -0.4 is 5.32 Å². The summed E-state index contributed by atoms with van der Waals surface area (Å²) >= 11 is 0. The number of aromatic amines is 1. The first-order valence-corrected chi connectivity index (χ1v) is 7.06. The zero-order chi connectivity index (χ0) is 15.4. The Morgan fingerprint density at radius 3 is 2.86 bits per heavy atom. The Hall–Kier alpha value is -2.54. The molecule has 1 atom stereocenters. The van der Waals surface area contributed by atoms with Crippen LogP contribution in [0.3, 0.4) is 0 Å². The molecule has 1 unspecified atom stereocenters. The van der Waals surface area contributed by atoms with Gasteiger partial charge in [0.15, 0.2) is 0 Å². The van der Waals surface area contributed by atoms with Gasteiger partial charge in [0.2, 0.25) is 0 Å². The van der Waals surface area contributed by atoms with Gasteiger partial charge in [-0.3, -0.25) is 4.79 Å². The highest BCUT2D eigenvalue weighted by Crippen LogP contribution is 2.24. The van der Waals surface area contributed by atoms with Gasteiger partial charge in [-0.15, -0.1) is 0 Å². The summed E-state index contributed by atoms with van der Waals surface area (Å²) in [6.45, 7) is 5.85. The van der Waals surface area contributed by atoms with Gasteiger partial charge >= 0.3 is 0 Å². The maximum atomic E-state index is 12.1. The quantitative estimate of drug-likeness (QED) is 0.667. The fourth-order valence-electron chi connectivity index (χ4n) is 2.18. The average Bonchev–Trinajstić information content (AvgIpc) is 2.79. The Kier molecular flexibility index (Phi) is 4.44. The molecule has 108 valence electrons. The van der Waals surface area contributed by atoms with Crippen molar-refractivity contribution in [3.63, 3.8) is 0 Å². The molecular formula is C17H19N3O. The summed E-state index contributed by atoms with van der Waals surface area (Å²) < 4.78 is 0. The molecule has 1 amide bonds. The van der Waals surface area contributed by atoms with Crippen molar-refractivity contribution in [1.29, 1.82) is 5.26 Å². The number of benzene rings is 1. The molecule has 0 saturated carbocycles. The van der Waals surface area contributed by atoms with E-state index in [1.54, 1.807) is 6.08 Å². The van der Waals surface area contributed by atoms with E-state index in [0.29, 0.717) is 0 Å². The minimum absolute atomic E-state index is 0.0540. The van der Waals surface area contributed by atoms with Gasteiger partial charge in [-0.2, -0.15) is 5.26 Å². The standard InChI is InChI=1S/C17H19N3O/c1-4-11(2)19-17(21)13(10-18)9-15-12(3)20-16-8-6-5-7-14(15)16/h5-9,11,20H,4H2,1-3H3,(H,19,21)/b13-9-. The predicted molar refractivity (Wildman–Crippen MR) is 84.5 cm³/mol. The summed E-state index contributed by atoms with van der Waals surface area (Å²) in [4.78, 5) is 15.4. The molecule has 2 rings (SSSR count). The molecule has 0 spiro atoms. The number of aromatic nitrogens is 1. The number of fused-ring (bicyclic) bond motifs is 1. The number of amides is 1. The zero-order valence-corrected chi connectivity index (χ0v) is 12.5. The number of rotatable bonds is 4. The highest BCUT2D eigenvalue weighted by atomic mass is 16.1. The van der Waals surface area contributed by atoms with E-state index in [0.717, 1.165) is 28.6 Å². The van der Waals surface area contributed by atoms with Gasteiger partial charge in [0, 0.05) is 28.2 Å². The van der Waals surface area contributed by atoms with E-state index in [2.05, 4.69) is 10.3 Å². The van der Waals surface area contributed by atoms with Crippen molar-refractivity contribution in [1.82, 2.24) is 10.3 Å². The molecule has 4 heteroatoms. The second kappa shape index (κ2) is 6.27. The summed E-state index contributed by atoms with van der Waals surface area (Å²) in [7, 11) is 0. The SMILES string of the molecule is CCC(C)NC(=O)/C(C#N)=C\c1c(C)[nH]c2ccccc12. The summed E-state index contributed by atoms with van der Waals surface area (Å²) in [5, 5.41) is 13.1. The van der Waals surface area contributed by atoms with Gasteiger partial charge in [0.05, 0.1) is 0 Å². The Morgan fingerprint density at radius 2 is 2.19 bits per heavy atom. The Balaban J connectivity index is 2.41. The molecule has 0 saturated heterocycles. The normalized spacial score (nSPS) is 13.0. The number of nitrogens with zero attached hydrogens (tertiary/aromatic N) is 1. The van der Waals surface area contributed by atoms with Crippen LogP contribution in [0.5, 0.6) is 0 Å². The van der Waals surface area contributed by atoms with Crippen molar-refractivity contribution >= 4 is 22.9 Å². The van der Waals surface area contributed by atoms with Crippen LogP contribution in [0, 0.1) is 18.3 Å². The number of H-pyrrole nitrogens is 1. The molecule has 0 bridgehead atoms. The molecule has 0 aliphatic carbocycles. The van der Waals surface area contributed by atoms with Crippen molar-refractivity contribution in [3.05, 3.63) is 41.1 Å².